The molecule has 0 saturated carbocycles. The third kappa shape index (κ3) is 5.46. The molecule has 0 bridgehead atoms. The van der Waals surface area contributed by atoms with E-state index in [9.17, 15) is 9.90 Å². The molecule has 0 spiro atoms. The molecular weight excluding hydrogens is 390 g/mol. The van der Waals surface area contributed by atoms with Gasteiger partial charge in [0.05, 0.1) is 18.7 Å². The lowest BCUT2D eigenvalue weighted by Gasteiger charge is -2.34. The molecule has 1 aromatic carbocycles. The second-order valence-corrected chi connectivity index (χ2v) is 8.98. The van der Waals surface area contributed by atoms with Gasteiger partial charge >= 0.3 is 0 Å². The first kappa shape index (κ1) is 21.8. The third-order valence-electron chi connectivity index (χ3n) is 6.89. The highest BCUT2D eigenvalue weighted by molar-refractivity contribution is 5.79. The van der Waals surface area contributed by atoms with Crippen LogP contribution in [0.15, 0.2) is 30.5 Å². The van der Waals surface area contributed by atoms with Crippen LogP contribution in [0, 0.1) is 6.92 Å². The summed E-state index contributed by atoms with van der Waals surface area (Å²) >= 11 is 0. The molecule has 2 aliphatic rings. The van der Waals surface area contributed by atoms with Crippen molar-refractivity contribution < 1.29 is 9.90 Å². The maximum Gasteiger partial charge on any atom is 0.226 e. The fourth-order valence-electron chi connectivity index (χ4n) is 4.54. The lowest BCUT2D eigenvalue weighted by Crippen LogP contribution is -2.42. The number of carbonyl (C=O) groups is 1. The molecule has 1 aromatic heterocycles. The Morgan fingerprint density at radius 3 is 2.39 bits per heavy atom. The van der Waals surface area contributed by atoms with Gasteiger partial charge in [-0.1, -0.05) is 12.1 Å². The minimum absolute atomic E-state index is 0.162. The first-order valence-corrected chi connectivity index (χ1v) is 11.5. The highest BCUT2D eigenvalue weighted by Crippen LogP contribution is 2.22. The number of aliphatic hydroxyl groups is 1. The number of aliphatic hydroxyl groups excluding tert-OH is 1. The summed E-state index contributed by atoms with van der Waals surface area (Å²) in [6, 6.07) is 9.00. The lowest BCUT2D eigenvalue weighted by atomic mass is 10.0. The van der Waals surface area contributed by atoms with Crippen LogP contribution in [0.25, 0.3) is 0 Å². The summed E-state index contributed by atoms with van der Waals surface area (Å²) in [6.45, 7) is 6.41. The fourth-order valence-corrected chi connectivity index (χ4v) is 4.54. The number of anilines is 1. The minimum atomic E-state index is -0.248. The van der Waals surface area contributed by atoms with Gasteiger partial charge in [-0.3, -0.25) is 9.48 Å². The van der Waals surface area contributed by atoms with Crippen molar-refractivity contribution in [3.63, 3.8) is 0 Å². The summed E-state index contributed by atoms with van der Waals surface area (Å²) in [6.07, 6.45) is 5.78. The molecule has 4 rings (SSSR count). The molecule has 3 heterocycles. The Kier molecular flexibility index (Phi) is 6.92. The maximum atomic E-state index is 12.5. The standard InChI is InChI=1S/C24H35N5O2/c1-18-20(17-26-27(18)2)16-25-21-7-11-28(12-8-21)22-5-3-19(4-6-22)15-24(31)29-13-9-23(30)10-14-29/h3-6,17,21,23,25,30H,7-16H2,1-2H3. The van der Waals surface area contributed by atoms with Gasteiger partial charge in [0.2, 0.25) is 5.91 Å². The number of piperidine rings is 2. The molecule has 0 radical (unpaired) electrons. The van der Waals surface area contributed by atoms with Crippen LogP contribution in [0.1, 0.15) is 42.5 Å². The van der Waals surface area contributed by atoms with Crippen LogP contribution in [0.5, 0.6) is 0 Å². The third-order valence-corrected chi connectivity index (χ3v) is 6.89. The Morgan fingerprint density at radius 1 is 1.10 bits per heavy atom. The van der Waals surface area contributed by atoms with E-state index in [4.69, 9.17) is 0 Å². The zero-order valence-corrected chi connectivity index (χ0v) is 18.8. The Hall–Kier alpha value is -2.38. The predicted molar refractivity (Wildman–Crippen MR) is 122 cm³/mol. The van der Waals surface area contributed by atoms with E-state index in [1.54, 1.807) is 0 Å². The molecule has 7 nitrogen and oxygen atoms in total. The predicted octanol–water partition coefficient (Wildman–Crippen LogP) is 2.01. The number of hydrogen-bond acceptors (Lipinski definition) is 5. The zero-order valence-electron chi connectivity index (χ0n) is 18.8. The first-order chi connectivity index (χ1) is 15.0. The average molecular weight is 426 g/mol. The van der Waals surface area contributed by atoms with Gasteiger partial charge in [0.25, 0.3) is 0 Å². The maximum absolute atomic E-state index is 12.5. The number of nitrogens with one attached hydrogen (secondary N) is 1. The number of rotatable bonds is 6. The van der Waals surface area contributed by atoms with E-state index in [-0.39, 0.29) is 12.0 Å². The van der Waals surface area contributed by atoms with Crippen LogP contribution in [0.2, 0.25) is 0 Å². The number of nitrogens with zero attached hydrogens (tertiary/aromatic N) is 4. The van der Waals surface area contributed by atoms with Gasteiger partial charge in [0.1, 0.15) is 0 Å². The molecule has 168 valence electrons. The summed E-state index contributed by atoms with van der Waals surface area (Å²) in [4.78, 5) is 16.8. The molecule has 1 amide bonds. The van der Waals surface area contributed by atoms with Gasteiger partial charge in [-0.2, -0.15) is 5.10 Å². The highest BCUT2D eigenvalue weighted by atomic mass is 16.3. The molecule has 7 heteroatoms. The first-order valence-electron chi connectivity index (χ1n) is 11.5. The largest absolute Gasteiger partial charge is 0.393 e. The van der Waals surface area contributed by atoms with Crippen molar-refractivity contribution in [3.8, 4) is 0 Å². The molecule has 0 aliphatic carbocycles. The molecule has 2 saturated heterocycles. The Labute approximate surface area is 185 Å². The molecule has 0 unspecified atom stereocenters. The number of hydrogen-bond donors (Lipinski definition) is 2. The van der Waals surface area contributed by atoms with Crippen molar-refractivity contribution in [2.24, 2.45) is 7.05 Å². The summed E-state index contributed by atoms with van der Waals surface area (Å²) in [5, 5.41) is 17.6. The monoisotopic (exact) mass is 425 g/mol. The Bertz CT molecular complexity index is 863. The fraction of sp³-hybridized carbons (Fsp3) is 0.583. The van der Waals surface area contributed by atoms with Crippen molar-refractivity contribution in [2.45, 2.75) is 57.7 Å². The van der Waals surface area contributed by atoms with Crippen LogP contribution < -0.4 is 10.2 Å². The highest BCUT2D eigenvalue weighted by Gasteiger charge is 2.22. The van der Waals surface area contributed by atoms with Gasteiger partial charge in [0.15, 0.2) is 0 Å². The summed E-state index contributed by atoms with van der Waals surface area (Å²) in [5.41, 5.74) is 4.79. The van der Waals surface area contributed by atoms with E-state index in [0.717, 1.165) is 38.0 Å². The number of carbonyl (C=O) groups excluding carboxylic acids is 1. The van der Waals surface area contributed by atoms with E-state index in [1.807, 2.05) is 22.8 Å². The molecule has 2 fully saturated rings. The SMILES string of the molecule is Cc1c(CNC2CCN(c3ccc(CC(=O)N4CCC(O)CC4)cc3)CC2)cnn1C. The van der Waals surface area contributed by atoms with E-state index < -0.39 is 0 Å². The summed E-state index contributed by atoms with van der Waals surface area (Å²) in [7, 11) is 1.98. The second kappa shape index (κ2) is 9.83. The van der Waals surface area contributed by atoms with Crippen molar-refractivity contribution in [3.05, 3.63) is 47.3 Å². The lowest BCUT2D eigenvalue weighted by molar-refractivity contribution is -0.132. The minimum Gasteiger partial charge on any atom is -0.393 e. The molecule has 2 aromatic rings. The molecular formula is C24H35N5O2. The van der Waals surface area contributed by atoms with Crippen LogP contribution in [-0.4, -0.2) is 64.0 Å². The zero-order chi connectivity index (χ0) is 21.8. The Morgan fingerprint density at radius 2 is 1.77 bits per heavy atom. The number of aryl methyl sites for hydroxylation is 1. The number of likely N-dealkylation sites (tertiary alicyclic amines) is 1. The average Bonchev–Trinajstić information content (AvgIpc) is 3.11. The number of benzene rings is 1. The van der Waals surface area contributed by atoms with Crippen molar-refractivity contribution >= 4 is 11.6 Å². The van der Waals surface area contributed by atoms with Gasteiger partial charge in [-0.15, -0.1) is 0 Å². The number of aromatic nitrogens is 2. The van der Waals surface area contributed by atoms with Crippen molar-refractivity contribution in [2.75, 3.05) is 31.1 Å². The molecule has 2 N–H and O–H groups in total. The van der Waals surface area contributed by atoms with Gasteiger partial charge in [-0.05, 0) is 50.3 Å². The van der Waals surface area contributed by atoms with Crippen LogP contribution in [0.3, 0.4) is 0 Å². The van der Waals surface area contributed by atoms with Crippen molar-refractivity contribution in [1.29, 1.82) is 0 Å². The van der Waals surface area contributed by atoms with Gasteiger partial charge in [-0.25, -0.2) is 0 Å². The van der Waals surface area contributed by atoms with E-state index in [2.05, 4.69) is 46.5 Å². The smallest absolute Gasteiger partial charge is 0.226 e. The Balaban J connectivity index is 1.22. The number of amides is 1. The molecule has 31 heavy (non-hydrogen) atoms. The van der Waals surface area contributed by atoms with Gasteiger partial charge < -0.3 is 20.2 Å². The molecule has 2 aliphatic heterocycles. The summed E-state index contributed by atoms with van der Waals surface area (Å²) in [5.74, 6) is 0.162. The van der Waals surface area contributed by atoms with Crippen LogP contribution in [0.4, 0.5) is 5.69 Å². The van der Waals surface area contributed by atoms with E-state index >= 15 is 0 Å². The van der Waals surface area contributed by atoms with E-state index in [1.165, 1.54) is 16.9 Å². The van der Waals surface area contributed by atoms with Crippen LogP contribution >= 0.6 is 0 Å². The molecule has 0 atom stereocenters. The topological polar surface area (TPSA) is 73.6 Å². The van der Waals surface area contributed by atoms with Crippen LogP contribution in [-0.2, 0) is 24.8 Å². The summed E-state index contributed by atoms with van der Waals surface area (Å²) < 4.78 is 1.92. The van der Waals surface area contributed by atoms with E-state index in [0.29, 0.717) is 38.4 Å². The second-order valence-electron chi connectivity index (χ2n) is 8.98. The van der Waals surface area contributed by atoms with Crippen molar-refractivity contribution in [1.82, 2.24) is 20.0 Å². The quantitative estimate of drug-likeness (QED) is 0.741. The van der Waals surface area contributed by atoms with Gasteiger partial charge in [0, 0.05) is 62.8 Å². The normalized spacial score (nSPS) is 18.5.